The Hall–Kier alpha value is -3.80. The van der Waals surface area contributed by atoms with Gasteiger partial charge in [0, 0.05) is 18.7 Å². The number of anilines is 2. The summed E-state index contributed by atoms with van der Waals surface area (Å²) in [5.74, 6) is 1.70. The van der Waals surface area contributed by atoms with Crippen LogP contribution < -0.4 is 15.4 Å². The third-order valence-electron chi connectivity index (χ3n) is 5.48. The van der Waals surface area contributed by atoms with Crippen LogP contribution in [0.3, 0.4) is 0 Å². The number of nitrogens with one attached hydrogen (secondary N) is 2. The van der Waals surface area contributed by atoms with Gasteiger partial charge < -0.3 is 19.9 Å². The fraction of sp³-hybridized carbons (Fsp3) is 0.231. The highest BCUT2D eigenvalue weighted by Gasteiger charge is 2.11. The van der Waals surface area contributed by atoms with Crippen molar-refractivity contribution in [1.29, 1.82) is 0 Å². The van der Waals surface area contributed by atoms with Crippen LogP contribution in [0, 0.1) is 6.92 Å². The van der Waals surface area contributed by atoms with Crippen LogP contribution in [-0.4, -0.2) is 22.7 Å². The lowest BCUT2D eigenvalue weighted by Crippen LogP contribution is -2.20. The predicted molar refractivity (Wildman–Crippen MR) is 130 cm³/mol. The summed E-state index contributed by atoms with van der Waals surface area (Å²) in [7, 11) is 1.59. The Labute approximate surface area is 188 Å². The molecule has 4 rings (SSSR count). The van der Waals surface area contributed by atoms with Crippen molar-refractivity contribution in [1.82, 2.24) is 9.55 Å². The van der Waals surface area contributed by atoms with Crippen molar-refractivity contribution >= 4 is 28.4 Å². The van der Waals surface area contributed by atoms with E-state index in [4.69, 9.17) is 9.72 Å². The van der Waals surface area contributed by atoms with Crippen molar-refractivity contribution in [3.63, 3.8) is 0 Å². The summed E-state index contributed by atoms with van der Waals surface area (Å²) in [6.07, 6.45) is 1.67. The molecule has 0 radical (unpaired) electrons. The van der Waals surface area contributed by atoms with Gasteiger partial charge in [0.1, 0.15) is 11.6 Å². The van der Waals surface area contributed by atoms with Gasteiger partial charge in [-0.25, -0.2) is 9.78 Å². The van der Waals surface area contributed by atoms with E-state index >= 15 is 0 Å². The number of benzene rings is 3. The monoisotopic (exact) mass is 428 g/mol. The summed E-state index contributed by atoms with van der Waals surface area (Å²) >= 11 is 0. The first-order valence-corrected chi connectivity index (χ1v) is 10.8. The molecule has 0 saturated carbocycles. The maximum Gasteiger partial charge on any atom is 0.323 e. The average molecular weight is 429 g/mol. The summed E-state index contributed by atoms with van der Waals surface area (Å²) < 4.78 is 7.60. The van der Waals surface area contributed by atoms with E-state index in [1.54, 1.807) is 7.11 Å². The Kier molecular flexibility index (Phi) is 6.40. The van der Waals surface area contributed by atoms with Crippen LogP contribution in [0.4, 0.5) is 16.2 Å². The van der Waals surface area contributed by atoms with Crippen molar-refractivity contribution in [2.45, 2.75) is 33.2 Å². The number of nitrogens with zero attached hydrogens (tertiary/aromatic N) is 2. The number of rotatable bonds is 7. The van der Waals surface area contributed by atoms with E-state index in [9.17, 15) is 4.79 Å². The Balaban J connectivity index is 1.43. The van der Waals surface area contributed by atoms with E-state index in [0.717, 1.165) is 47.5 Å². The maximum atomic E-state index is 12.5. The number of imidazole rings is 1. The van der Waals surface area contributed by atoms with Gasteiger partial charge in [0.2, 0.25) is 0 Å². The predicted octanol–water partition coefficient (Wildman–Crippen LogP) is 5.80. The molecular weight excluding hydrogens is 400 g/mol. The molecule has 0 aliphatic carbocycles. The molecule has 6 nitrogen and oxygen atoms in total. The number of aryl methyl sites for hydroxylation is 4. The highest BCUT2D eigenvalue weighted by Crippen LogP contribution is 2.25. The molecule has 1 aromatic heterocycles. The largest absolute Gasteiger partial charge is 0.495 e. The van der Waals surface area contributed by atoms with E-state index in [1.807, 2.05) is 55.5 Å². The summed E-state index contributed by atoms with van der Waals surface area (Å²) in [6, 6.07) is 21.5. The van der Waals surface area contributed by atoms with Gasteiger partial charge in [-0.2, -0.15) is 0 Å². The number of hydrogen-bond donors (Lipinski definition) is 2. The minimum absolute atomic E-state index is 0.307. The Morgan fingerprint density at radius 1 is 1.00 bits per heavy atom. The normalized spacial score (nSPS) is 10.8. The third-order valence-corrected chi connectivity index (χ3v) is 5.48. The quantitative estimate of drug-likeness (QED) is 0.391. The minimum atomic E-state index is -0.307. The Morgan fingerprint density at radius 2 is 1.84 bits per heavy atom. The zero-order chi connectivity index (χ0) is 22.5. The second-order valence-corrected chi connectivity index (χ2v) is 7.74. The van der Waals surface area contributed by atoms with Gasteiger partial charge in [-0.3, -0.25) is 0 Å². The molecule has 4 aromatic rings. The first-order chi connectivity index (χ1) is 15.6. The highest BCUT2D eigenvalue weighted by molar-refractivity contribution is 6.00. The van der Waals surface area contributed by atoms with Gasteiger partial charge in [-0.05, 0) is 67.8 Å². The van der Waals surface area contributed by atoms with E-state index < -0.39 is 0 Å². The smallest absolute Gasteiger partial charge is 0.323 e. The number of carbonyl (C=O) groups is 1. The Bertz CT molecular complexity index is 1250. The average Bonchev–Trinajstić information content (AvgIpc) is 3.15. The van der Waals surface area contributed by atoms with E-state index in [2.05, 4.69) is 40.3 Å². The van der Waals surface area contributed by atoms with Gasteiger partial charge >= 0.3 is 6.03 Å². The number of carbonyl (C=O) groups excluding carboxylic acids is 1. The number of aromatic nitrogens is 2. The van der Waals surface area contributed by atoms with Gasteiger partial charge in [-0.15, -0.1) is 0 Å². The molecule has 164 valence electrons. The number of amides is 2. The van der Waals surface area contributed by atoms with Gasteiger partial charge in [-0.1, -0.05) is 30.3 Å². The maximum absolute atomic E-state index is 12.5. The molecule has 0 unspecified atom stereocenters. The van der Waals surface area contributed by atoms with Crippen molar-refractivity contribution < 1.29 is 9.53 Å². The lowest BCUT2D eigenvalue weighted by molar-refractivity contribution is 0.262. The van der Waals surface area contributed by atoms with Gasteiger partial charge in [0.15, 0.2) is 0 Å². The molecule has 0 saturated heterocycles. The van der Waals surface area contributed by atoms with Crippen LogP contribution in [0.15, 0.2) is 66.7 Å². The first-order valence-electron chi connectivity index (χ1n) is 10.8. The number of fused-ring (bicyclic) bond motifs is 1. The number of hydrogen-bond acceptors (Lipinski definition) is 3. The topological polar surface area (TPSA) is 68.2 Å². The standard InChI is InChI=1S/C26H28N4O2/c1-4-30-23-11-6-5-10-21(23)28-25(30)15-13-19-8-7-9-20(17-19)27-26(31)29-22-16-18(2)12-14-24(22)32-3/h5-12,14,16-17H,4,13,15H2,1-3H3,(H2,27,29,31). The van der Waals surface area contributed by atoms with Gasteiger partial charge in [0.25, 0.3) is 0 Å². The molecule has 3 aromatic carbocycles. The zero-order valence-electron chi connectivity index (χ0n) is 18.7. The number of methoxy groups -OCH3 is 1. The molecule has 0 aliphatic rings. The summed E-state index contributed by atoms with van der Waals surface area (Å²) in [5, 5.41) is 5.79. The molecular formula is C26H28N4O2. The number of para-hydroxylation sites is 2. The lowest BCUT2D eigenvalue weighted by Gasteiger charge is -2.12. The molecule has 0 aliphatic heterocycles. The van der Waals surface area contributed by atoms with Gasteiger partial charge in [0.05, 0.1) is 23.8 Å². The zero-order valence-corrected chi connectivity index (χ0v) is 18.7. The first kappa shape index (κ1) is 21.4. The lowest BCUT2D eigenvalue weighted by atomic mass is 10.1. The van der Waals surface area contributed by atoms with Crippen LogP contribution in [-0.2, 0) is 19.4 Å². The molecule has 0 bridgehead atoms. The number of urea groups is 1. The Morgan fingerprint density at radius 3 is 2.66 bits per heavy atom. The minimum Gasteiger partial charge on any atom is -0.495 e. The second-order valence-electron chi connectivity index (χ2n) is 7.74. The van der Waals surface area contributed by atoms with Crippen molar-refractivity contribution in [3.05, 3.63) is 83.7 Å². The molecule has 0 fully saturated rings. The second kappa shape index (κ2) is 9.56. The molecule has 2 N–H and O–H groups in total. The van der Waals surface area contributed by atoms with Crippen LogP contribution in [0.1, 0.15) is 23.9 Å². The van der Waals surface area contributed by atoms with Crippen molar-refractivity contribution in [3.8, 4) is 5.75 Å². The summed E-state index contributed by atoms with van der Waals surface area (Å²) in [4.78, 5) is 17.4. The fourth-order valence-corrected chi connectivity index (χ4v) is 3.93. The van der Waals surface area contributed by atoms with Crippen LogP contribution in [0.2, 0.25) is 0 Å². The number of ether oxygens (including phenoxy) is 1. The SMILES string of the molecule is CCn1c(CCc2cccc(NC(=O)Nc3cc(C)ccc3OC)c2)nc2ccccc21. The molecule has 1 heterocycles. The molecule has 0 spiro atoms. The summed E-state index contributed by atoms with van der Waals surface area (Å²) in [5.41, 5.74) is 5.77. The van der Waals surface area contributed by atoms with Crippen LogP contribution in [0.5, 0.6) is 5.75 Å². The van der Waals surface area contributed by atoms with E-state index in [1.165, 1.54) is 5.52 Å². The third kappa shape index (κ3) is 4.75. The summed E-state index contributed by atoms with van der Waals surface area (Å²) in [6.45, 7) is 5.00. The molecule has 2 amide bonds. The van der Waals surface area contributed by atoms with Crippen LogP contribution >= 0.6 is 0 Å². The molecule has 32 heavy (non-hydrogen) atoms. The highest BCUT2D eigenvalue weighted by atomic mass is 16.5. The van der Waals surface area contributed by atoms with Crippen molar-refractivity contribution in [2.75, 3.05) is 17.7 Å². The fourth-order valence-electron chi connectivity index (χ4n) is 3.93. The van der Waals surface area contributed by atoms with Crippen LogP contribution in [0.25, 0.3) is 11.0 Å². The van der Waals surface area contributed by atoms with Crippen molar-refractivity contribution in [2.24, 2.45) is 0 Å². The van der Waals surface area contributed by atoms with E-state index in [-0.39, 0.29) is 6.03 Å². The molecule has 6 heteroatoms. The molecule has 0 atom stereocenters. The van der Waals surface area contributed by atoms with E-state index in [0.29, 0.717) is 11.4 Å².